The number of carbonyl (C=O) groups is 1. The van der Waals surface area contributed by atoms with Crippen molar-refractivity contribution in [3.63, 3.8) is 0 Å². The van der Waals surface area contributed by atoms with Crippen LogP contribution in [0.25, 0.3) is 10.4 Å². The summed E-state index contributed by atoms with van der Waals surface area (Å²) >= 11 is 0. The van der Waals surface area contributed by atoms with E-state index in [-0.39, 0.29) is 17.1 Å². The molecule has 0 N–H and O–H groups in total. The zero-order valence-electron chi connectivity index (χ0n) is 11.3. The molecular weight excluding hydrogens is 296 g/mol. The van der Waals surface area contributed by atoms with Crippen molar-refractivity contribution >= 4 is 21.7 Å². The molecule has 9 heteroatoms. The number of hydrogen-bond acceptors (Lipinski definition) is 5. The molecular formula is C12H14N4O4S. The third-order valence-corrected chi connectivity index (χ3v) is 5.24. The van der Waals surface area contributed by atoms with Crippen LogP contribution in [0.15, 0.2) is 34.3 Å². The molecule has 21 heavy (non-hydrogen) atoms. The van der Waals surface area contributed by atoms with Crippen LogP contribution in [-0.2, 0) is 19.6 Å². The van der Waals surface area contributed by atoms with Crippen LogP contribution in [0.2, 0.25) is 0 Å². The molecule has 1 aliphatic heterocycles. The van der Waals surface area contributed by atoms with Crippen molar-refractivity contribution in [3.05, 3.63) is 34.7 Å². The fourth-order valence-electron chi connectivity index (χ4n) is 2.33. The van der Waals surface area contributed by atoms with Gasteiger partial charge in [-0.2, -0.15) is 4.31 Å². The summed E-state index contributed by atoms with van der Waals surface area (Å²) < 4.78 is 31.1. The second-order valence-electron chi connectivity index (χ2n) is 4.45. The number of sulfonamides is 1. The molecule has 1 atom stereocenters. The zero-order valence-corrected chi connectivity index (χ0v) is 12.2. The van der Waals surface area contributed by atoms with Gasteiger partial charge in [0.25, 0.3) is 0 Å². The molecule has 112 valence electrons. The summed E-state index contributed by atoms with van der Waals surface area (Å²) in [6.45, 7) is 0.229. The maximum atomic E-state index is 12.7. The maximum absolute atomic E-state index is 12.7. The number of esters is 1. The van der Waals surface area contributed by atoms with Crippen LogP contribution in [0.1, 0.15) is 12.8 Å². The van der Waals surface area contributed by atoms with E-state index >= 15 is 0 Å². The molecule has 2 rings (SSSR count). The van der Waals surface area contributed by atoms with Crippen LogP contribution in [-0.4, -0.2) is 38.4 Å². The molecule has 1 fully saturated rings. The number of carbonyl (C=O) groups excluding carboxylic acids is 1. The molecule has 0 aliphatic carbocycles. The number of benzene rings is 1. The average molecular weight is 310 g/mol. The minimum absolute atomic E-state index is 0.00974. The first-order chi connectivity index (χ1) is 10.0. The van der Waals surface area contributed by atoms with Crippen LogP contribution in [0.4, 0.5) is 5.69 Å². The number of azide groups is 1. The molecule has 0 bridgehead atoms. The highest BCUT2D eigenvalue weighted by Crippen LogP contribution is 2.32. The second-order valence-corrected chi connectivity index (χ2v) is 6.31. The minimum Gasteiger partial charge on any atom is -0.468 e. The van der Waals surface area contributed by atoms with E-state index in [4.69, 9.17) is 5.53 Å². The van der Waals surface area contributed by atoms with Crippen LogP contribution < -0.4 is 0 Å². The van der Waals surface area contributed by atoms with Gasteiger partial charge in [-0.3, -0.25) is 4.79 Å². The van der Waals surface area contributed by atoms with Crippen molar-refractivity contribution in [1.29, 1.82) is 0 Å². The topological polar surface area (TPSA) is 112 Å². The summed E-state index contributed by atoms with van der Waals surface area (Å²) in [4.78, 5) is 14.2. The first-order valence-electron chi connectivity index (χ1n) is 6.26. The quantitative estimate of drug-likeness (QED) is 0.366. The van der Waals surface area contributed by atoms with Crippen LogP contribution in [0, 0.1) is 0 Å². The Morgan fingerprint density at radius 3 is 2.86 bits per heavy atom. The Morgan fingerprint density at radius 1 is 1.48 bits per heavy atom. The van der Waals surface area contributed by atoms with Gasteiger partial charge in [0.2, 0.25) is 10.0 Å². The van der Waals surface area contributed by atoms with E-state index in [0.29, 0.717) is 12.8 Å². The van der Waals surface area contributed by atoms with E-state index in [2.05, 4.69) is 14.8 Å². The molecule has 1 aromatic rings. The third kappa shape index (κ3) is 2.85. The third-order valence-electron chi connectivity index (χ3n) is 3.28. The van der Waals surface area contributed by atoms with Crippen molar-refractivity contribution in [3.8, 4) is 0 Å². The van der Waals surface area contributed by atoms with Crippen molar-refractivity contribution in [2.24, 2.45) is 5.11 Å². The maximum Gasteiger partial charge on any atom is 0.324 e. The van der Waals surface area contributed by atoms with Gasteiger partial charge in [-0.05, 0) is 24.4 Å². The summed E-state index contributed by atoms with van der Waals surface area (Å²) in [5.41, 5.74) is 8.54. The lowest BCUT2D eigenvalue weighted by molar-refractivity contribution is -0.144. The predicted molar refractivity (Wildman–Crippen MR) is 74.2 cm³/mol. The molecule has 0 saturated carbocycles. The van der Waals surface area contributed by atoms with E-state index < -0.39 is 22.0 Å². The average Bonchev–Trinajstić information content (AvgIpc) is 2.97. The molecule has 0 amide bonds. The van der Waals surface area contributed by atoms with Gasteiger partial charge in [0.15, 0.2) is 0 Å². The highest BCUT2D eigenvalue weighted by molar-refractivity contribution is 7.89. The minimum atomic E-state index is -3.93. The van der Waals surface area contributed by atoms with Gasteiger partial charge in [-0.15, -0.1) is 0 Å². The van der Waals surface area contributed by atoms with Crippen LogP contribution >= 0.6 is 0 Å². The number of nitrogens with zero attached hydrogens (tertiary/aromatic N) is 4. The highest BCUT2D eigenvalue weighted by Gasteiger charge is 2.40. The Hall–Kier alpha value is -2.09. The van der Waals surface area contributed by atoms with Gasteiger partial charge in [0.1, 0.15) is 6.04 Å². The van der Waals surface area contributed by atoms with Crippen LogP contribution in [0.5, 0.6) is 0 Å². The van der Waals surface area contributed by atoms with Crippen molar-refractivity contribution in [2.75, 3.05) is 13.7 Å². The number of methoxy groups -OCH3 is 1. The normalized spacial score (nSPS) is 19.0. The fraction of sp³-hybridized carbons (Fsp3) is 0.417. The number of hydrogen-bond donors (Lipinski definition) is 0. The summed E-state index contributed by atoms with van der Waals surface area (Å²) in [5, 5.41) is 3.39. The molecule has 0 aromatic heterocycles. The Bertz CT molecular complexity index is 697. The van der Waals surface area contributed by atoms with E-state index in [9.17, 15) is 13.2 Å². The Morgan fingerprint density at radius 2 is 2.19 bits per heavy atom. The fourth-order valence-corrected chi connectivity index (χ4v) is 4.10. The monoisotopic (exact) mass is 310 g/mol. The van der Waals surface area contributed by atoms with E-state index in [1.807, 2.05) is 0 Å². The molecule has 1 aromatic carbocycles. The predicted octanol–water partition coefficient (Wildman–Crippen LogP) is 1.95. The molecule has 0 spiro atoms. The van der Waals surface area contributed by atoms with Gasteiger partial charge in [-0.1, -0.05) is 23.3 Å². The van der Waals surface area contributed by atoms with Crippen molar-refractivity contribution in [2.45, 2.75) is 23.8 Å². The molecule has 1 heterocycles. The van der Waals surface area contributed by atoms with Gasteiger partial charge in [0.05, 0.1) is 17.7 Å². The zero-order chi connectivity index (χ0) is 15.5. The van der Waals surface area contributed by atoms with Crippen molar-refractivity contribution < 1.29 is 17.9 Å². The highest BCUT2D eigenvalue weighted by atomic mass is 32.2. The van der Waals surface area contributed by atoms with E-state index in [1.54, 1.807) is 6.07 Å². The van der Waals surface area contributed by atoms with E-state index in [0.717, 1.165) is 4.31 Å². The van der Waals surface area contributed by atoms with Crippen molar-refractivity contribution in [1.82, 2.24) is 4.31 Å². The summed E-state index contributed by atoms with van der Waals surface area (Å²) in [5.74, 6) is -0.586. The van der Waals surface area contributed by atoms with Gasteiger partial charge < -0.3 is 4.74 Å². The van der Waals surface area contributed by atoms with Gasteiger partial charge in [0, 0.05) is 11.5 Å². The lowest BCUT2D eigenvalue weighted by Gasteiger charge is -2.22. The van der Waals surface area contributed by atoms with E-state index in [1.165, 1.54) is 25.3 Å². The summed E-state index contributed by atoms with van der Waals surface area (Å²) in [6.07, 6.45) is 0.984. The Kier molecular flexibility index (Phi) is 4.46. The number of ether oxygens (including phenoxy) is 1. The molecule has 1 aliphatic rings. The first-order valence-corrected chi connectivity index (χ1v) is 7.70. The molecule has 0 radical (unpaired) electrons. The smallest absolute Gasteiger partial charge is 0.324 e. The van der Waals surface area contributed by atoms with Gasteiger partial charge in [-0.25, -0.2) is 8.42 Å². The van der Waals surface area contributed by atoms with Gasteiger partial charge >= 0.3 is 5.97 Å². The molecule has 1 unspecified atom stereocenters. The molecule has 8 nitrogen and oxygen atoms in total. The Labute approximate surface area is 122 Å². The first kappa shape index (κ1) is 15.3. The SMILES string of the molecule is COC(=O)C1CCCN1S(=O)(=O)c1ccccc1N=[N+]=[N-]. The summed E-state index contributed by atoms with van der Waals surface area (Å²) in [7, 11) is -2.71. The van der Waals surface area contributed by atoms with Crippen LogP contribution in [0.3, 0.4) is 0 Å². The standard InChI is InChI=1S/C12H14N4O4S/c1-20-12(17)10-6-4-8-16(10)21(18,19)11-7-3-2-5-9(11)14-15-13/h2-3,5,7,10H,4,6,8H2,1H3. The largest absolute Gasteiger partial charge is 0.468 e. The Balaban J connectivity index is 2.47. The summed E-state index contributed by atoms with van der Waals surface area (Å²) in [6, 6.07) is 5.04. The number of rotatable bonds is 4. The molecule has 1 saturated heterocycles. The lowest BCUT2D eigenvalue weighted by atomic mass is 10.2. The lowest BCUT2D eigenvalue weighted by Crippen LogP contribution is -2.41. The second kappa shape index (κ2) is 6.13.